The standard InChI is InChI=1S/C10H13F3N2O3/c1-3-18-9(16)5-15-7(6-17-2)4-8(14-15)10(11,12)13/h4H,3,5-6H2,1-2H3. The molecule has 0 aromatic carbocycles. The topological polar surface area (TPSA) is 53.4 Å². The van der Waals surface area contributed by atoms with Crippen LogP contribution in [0.1, 0.15) is 18.3 Å². The molecule has 0 amide bonds. The summed E-state index contributed by atoms with van der Waals surface area (Å²) in [5.41, 5.74) is -0.892. The van der Waals surface area contributed by atoms with E-state index in [9.17, 15) is 18.0 Å². The van der Waals surface area contributed by atoms with Crippen LogP contribution in [0.25, 0.3) is 0 Å². The van der Waals surface area contributed by atoms with Gasteiger partial charge in [-0.15, -0.1) is 0 Å². The predicted molar refractivity (Wildman–Crippen MR) is 54.6 cm³/mol. The Labute approximate surface area is 101 Å². The van der Waals surface area contributed by atoms with E-state index in [0.717, 1.165) is 10.7 Å². The minimum absolute atomic E-state index is 0.0670. The first-order valence-corrected chi connectivity index (χ1v) is 5.17. The highest BCUT2D eigenvalue weighted by molar-refractivity contribution is 5.69. The van der Waals surface area contributed by atoms with Crippen molar-refractivity contribution >= 4 is 5.97 Å². The zero-order chi connectivity index (χ0) is 13.8. The maximum Gasteiger partial charge on any atom is 0.435 e. The van der Waals surface area contributed by atoms with E-state index in [4.69, 9.17) is 4.74 Å². The first kappa shape index (κ1) is 14.5. The molecule has 102 valence electrons. The van der Waals surface area contributed by atoms with Crippen LogP contribution in [-0.4, -0.2) is 29.5 Å². The number of esters is 1. The van der Waals surface area contributed by atoms with Crippen LogP contribution in [0.2, 0.25) is 0 Å². The summed E-state index contributed by atoms with van der Waals surface area (Å²) in [7, 11) is 1.34. The van der Waals surface area contributed by atoms with Gasteiger partial charge in [0.15, 0.2) is 5.69 Å². The molecule has 0 aliphatic rings. The van der Waals surface area contributed by atoms with Gasteiger partial charge in [-0.1, -0.05) is 0 Å². The van der Waals surface area contributed by atoms with Crippen LogP contribution < -0.4 is 0 Å². The molecular weight excluding hydrogens is 253 g/mol. The molecule has 0 bridgehead atoms. The number of hydrogen-bond acceptors (Lipinski definition) is 4. The number of nitrogens with zero attached hydrogens (tertiary/aromatic N) is 2. The van der Waals surface area contributed by atoms with E-state index in [2.05, 4.69) is 9.84 Å². The van der Waals surface area contributed by atoms with Crippen LogP contribution in [0.4, 0.5) is 13.2 Å². The molecule has 0 atom stereocenters. The second-order valence-electron chi connectivity index (χ2n) is 3.41. The van der Waals surface area contributed by atoms with Crippen molar-refractivity contribution < 1.29 is 27.4 Å². The first-order valence-electron chi connectivity index (χ1n) is 5.17. The number of ether oxygens (including phenoxy) is 2. The molecule has 5 nitrogen and oxygen atoms in total. The van der Waals surface area contributed by atoms with Crippen LogP contribution in [0, 0.1) is 0 Å². The molecule has 0 aliphatic heterocycles. The van der Waals surface area contributed by atoms with E-state index in [1.54, 1.807) is 6.92 Å². The predicted octanol–water partition coefficient (Wildman–Crippen LogP) is 1.61. The van der Waals surface area contributed by atoms with E-state index in [-0.39, 0.29) is 25.5 Å². The van der Waals surface area contributed by atoms with Gasteiger partial charge in [-0.05, 0) is 13.0 Å². The monoisotopic (exact) mass is 266 g/mol. The van der Waals surface area contributed by atoms with Gasteiger partial charge < -0.3 is 9.47 Å². The fourth-order valence-corrected chi connectivity index (χ4v) is 1.32. The summed E-state index contributed by atoms with van der Waals surface area (Å²) in [6.45, 7) is 1.33. The van der Waals surface area contributed by atoms with Gasteiger partial charge in [0.2, 0.25) is 0 Å². The maximum absolute atomic E-state index is 12.5. The third-order valence-electron chi connectivity index (χ3n) is 2.03. The van der Waals surface area contributed by atoms with Crippen molar-refractivity contribution in [2.24, 2.45) is 0 Å². The van der Waals surface area contributed by atoms with Crippen molar-refractivity contribution in [1.82, 2.24) is 9.78 Å². The average Bonchev–Trinajstić information content (AvgIpc) is 2.62. The van der Waals surface area contributed by atoms with Gasteiger partial charge in [0, 0.05) is 7.11 Å². The van der Waals surface area contributed by atoms with Crippen molar-refractivity contribution in [3.8, 4) is 0 Å². The van der Waals surface area contributed by atoms with Crippen LogP contribution in [0.15, 0.2) is 6.07 Å². The number of aromatic nitrogens is 2. The van der Waals surface area contributed by atoms with Gasteiger partial charge >= 0.3 is 12.1 Å². The van der Waals surface area contributed by atoms with Gasteiger partial charge in [0.05, 0.1) is 18.9 Å². The fourth-order valence-electron chi connectivity index (χ4n) is 1.32. The summed E-state index contributed by atoms with van der Waals surface area (Å²) in [6.07, 6.45) is -4.55. The minimum Gasteiger partial charge on any atom is -0.465 e. The van der Waals surface area contributed by atoms with Crippen molar-refractivity contribution in [2.45, 2.75) is 26.3 Å². The Hall–Kier alpha value is -1.57. The highest BCUT2D eigenvalue weighted by Crippen LogP contribution is 2.28. The minimum atomic E-state index is -4.55. The van der Waals surface area contributed by atoms with Crippen LogP contribution >= 0.6 is 0 Å². The van der Waals surface area contributed by atoms with Gasteiger partial charge in [-0.2, -0.15) is 18.3 Å². The molecule has 1 rings (SSSR count). The lowest BCUT2D eigenvalue weighted by Gasteiger charge is -2.06. The number of methoxy groups -OCH3 is 1. The molecule has 0 aliphatic carbocycles. The second kappa shape index (κ2) is 5.85. The zero-order valence-electron chi connectivity index (χ0n) is 9.95. The third-order valence-corrected chi connectivity index (χ3v) is 2.03. The summed E-state index contributed by atoms with van der Waals surface area (Å²) in [4.78, 5) is 11.2. The largest absolute Gasteiger partial charge is 0.465 e. The summed E-state index contributed by atoms with van der Waals surface area (Å²) in [5, 5.41) is 3.33. The second-order valence-corrected chi connectivity index (χ2v) is 3.41. The van der Waals surface area contributed by atoms with E-state index in [1.807, 2.05) is 0 Å². The Bertz CT molecular complexity index is 415. The van der Waals surface area contributed by atoms with Crippen LogP contribution in [-0.2, 0) is 33.6 Å². The van der Waals surface area contributed by atoms with Gasteiger partial charge in [-0.25, -0.2) is 0 Å². The molecule has 18 heavy (non-hydrogen) atoms. The molecule has 0 saturated heterocycles. The lowest BCUT2D eigenvalue weighted by Crippen LogP contribution is -2.17. The van der Waals surface area contributed by atoms with E-state index >= 15 is 0 Å². The van der Waals surface area contributed by atoms with E-state index < -0.39 is 17.8 Å². The smallest absolute Gasteiger partial charge is 0.435 e. The SMILES string of the molecule is CCOC(=O)Cn1nc(C(F)(F)F)cc1COC. The fraction of sp³-hybridized carbons (Fsp3) is 0.600. The molecule has 1 heterocycles. The lowest BCUT2D eigenvalue weighted by molar-refractivity contribution is -0.146. The molecule has 0 radical (unpaired) electrons. The summed E-state index contributed by atoms with van der Waals surface area (Å²) in [6, 6.07) is 0.850. The maximum atomic E-state index is 12.5. The summed E-state index contributed by atoms with van der Waals surface area (Å²) < 4.78 is 47.8. The summed E-state index contributed by atoms with van der Waals surface area (Å²) >= 11 is 0. The van der Waals surface area contributed by atoms with E-state index in [0.29, 0.717) is 0 Å². The quantitative estimate of drug-likeness (QED) is 0.760. The lowest BCUT2D eigenvalue weighted by atomic mass is 10.3. The number of alkyl halides is 3. The van der Waals surface area contributed by atoms with Crippen molar-refractivity contribution in [2.75, 3.05) is 13.7 Å². The normalized spacial score (nSPS) is 11.6. The molecule has 0 saturated carbocycles. The highest BCUT2D eigenvalue weighted by atomic mass is 19.4. The Morgan fingerprint density at radius 3 is 2.67 bits per heavy atom. The molecule has 0 spiro atoms. The van der Waals surface area contributed by atoms with Crippen LogP contribution in [0.3, 0.4) is 0 Å². The van der Waals surface area contributed by atoms with Gasteiger partial charge in [0.1, 0.15) is 6.54 Å². The summed E-state index contributed by atoms with van der Waals surface area (Å²) in [5.74, 6) is -0.647. The number of hydrogen-bond donors (Lipinski definition) is 0. The number of halogens is 3. The molecule has 0 unspecified atom stereocenters. The van der Waals surface area contributed by atoms with E-state index in [1.165, 1.54) is 7.11 Å². The zero-order valence-corrected chi connectivity index (χ0v) is 9.95. The highest BCUT2D eigenvalue weighted by Gasteiger charge is 2.35. The Morgan fingerprint density at radius 1 is 1.50 bits per heavy atom. The number of rotatable bonds is 5. The molecule has 0 N–H and O–H groups in total. The number of carbonyl (C=O) groups is 1. The molecule has 0 fully saturated rings. The third kappa shape index (κ3) is 3.73. The Kier molecular flexibility index (Phi) is 4.71. The van der Waals surface area contributed by atoms with Crippen LogP contribution in [0.5, 0.6) is 0 Å². The van der Waals surface area contributed by atoms with Crippen molar-refractivity contribution in [1.29, 1.82) is 0 Å². The van der Waals surface area contributed by atoms with Crippen molar-refractivity contribution in [3.63, 3.8) is 0 Å². The molecule has 1 aromatic rings. The Morgan fingerprint density at radius 2 is 2.17 bits per heavy atom. The molecular formula is C10H13F3N2O3. The van der Waals surface area contributed by atoms with Crippen molar-refractivity contribution in [3.05, 3.63) is 17.5 Å². The number of carbonyl (C=O) groups excluding carboxylic acids is 1. The molecule has 8 heteroatoms. The average molecular weight is 266 g/mol. The van der Waals surface area contributed by atoms with Gasteiger partial charge in [0.25, 0.3) is 0 Å². The first-order chi connectivity index (χ1) is 8.38. The molecule has 1 aromatic heterocycles. The Balaban J connectivity index is 2.94. The van der Waals surface area contributed by atoms with Gasteiger partial charge in [-0.3, -0.25) is 9.48 Å².